The van der Waals surface area contributed by atoms with Crippen LogP contribution in [0.4, 0.5) is 11.4 Å². The van der Waals surface area contributed by atoms with Crippen molar-refractivity contribution in [1.29, 1.82) is 0 Å². The Morgan fingerprint density at radius 1 is 0.875 bits per heavy atom. The molecular formula is C13H11BrN2. The van der Waals surface area contributed by atoms with E-state index in [9.17, 15) is 0 Å². The SMILES string of the molecule is Cc1ccc(N=Nc2ccccc2Br)cc1. The summed E-state index contributed by atoms with van der Waals surface area (Å²) in [5.41, 5.74) is 2.92. The van der Waals surface area contributed by atoms with Crippen molar-refractivity contribution < 1.29 is 0 Å². The van der Waals surface area contributed by atoms with Gasteiger partial charge in [0.05, 0.1) is 11.4 Å². The van der Waals surface area contributed by atoms with Crippen molar-refractivity contribution in [3.05, 3.63) is 58.6 Å². The molecule has 16 heavy (non-hydrogen) atoms. The number of aryl methyl sites for hydroxylation is 1. The van der Waals surface area contributed by atoms with Crippen molar-refractivity contribution in [2.45, 2.75) is 6.92 Å². The average molecular weight is 275 g/mol. The van der Waals surface area contributed by atoms with Crippen LogP contribution in [0.15, 0.2) is 63.2 Å². The monoisotopic (exact) mass is 274 g/mol. The number of benzene rings is 2. The van der Waals surface area contributed by atoms with E-state index in [0.29, 0.717) is 0 Å². The van der Waals surface area contributed by atoms with Gasteiger partial charge in [0.15, 0.2) is 0 Å². The minimum absolute atomic E-state index is 0.836. The van der Waals surface area contributed by atoms with Crippen molar-refractivity contribution in [1.82, 2.24) is 0 Å². The van der Waals surface area contributed by atoms with Crippen molar-refractivity contribution in [2.24, 2.45) is 10.2 Å². The highest BCUT2D eigenvalue weighted by molar-refractivity contribution is 9.10. The van der Waals surface area contributed by atoms with Crippen LogP contribution in [0, 0.1) is 6.92 Å². The van der Waals surface area contributed by atoms with Crippen LogP contribution in [0.3, 0.4) is 0 Å². The van der Waals surface area contributed by atoms with E-state index in [0.717, 1.165) is 15.8 Å². The van der Waals surface area contributed by atoms with Gasteiger partial charge in [-0.1, -0.05) is 29.8 Å². The normalized spacial score (nSPS) is 10.9. The molecule has 2 rings (SSSR count). The largest absolute Gasteiger partial charge is 0.151 e. The first-order valence-electron chi connectivity index (χ1n) is 4.98. The Bertz CT molecular complexity index is 504. The van der Waals surface area contributed by atoms with Gasteiger partial charge in [-0.2, -0.15) is 5.11 Å². The number of rotatable bonds is 2. The Kier molecular flexibility index (Phi) is 3.47. The molecule has 0 bridgehead atoms. The van der Waals surface area contributed by atoms with Gasteiger partial charge in [-0.15, -0.1) is 5.11 Å². The molecule has 0 amide bonds. The zero-order chi connectivity index (χ0) is 11.4. The fourth-order valence-corrected chi connectivity index (χ4v) is 1.62. The number of azo groups is 1. The lowest BCUT2D eigenvalue weighted by molar-refractivity contribution is 1.22. The minimum atomic E-state index is 0.836. The summed E-state index contributed by atoms with van der Waals surface area (Å²) < 4.78 is 0.950. The molecule has 0 heterocycles. The second kappa shape index (κ2) is 5.03. The first-order valence-corrected chi connectivity index (χ1v) is 5.78. The maximum absolute atomic E-state index is 4.18. The van der Waals surface area contributed by atoms with Crippen LogP contribution < -0.4 is 0 Å². The van der Waals surface area contributed by atoms with Gasteiger partial charge in [0.2, 0.25) is 0 Å². The molecule has 0 spiro atoms. The predicted octanol–water partition coefficient (Wildman–Crippen LogP) is 5.17. The first-order chi connectivity index (χ1) is 7.75. The average Bonchev–Trinajstić information content (AvgIpc) is 2.30. The molecule has 0 N–H and O–H groups in total. The lowest BCUT2D eigenvalue weighted by Gasteiger charge is -1.96. The number of nitrogens with zero attached hydrogens (tertiary/aromatic N) is 2. The smallest absolute Gasteiger partial charge is 0.0998 e. The fourth-order valence-electron chi connectivity index (χ4n) is 1.26. The van der Waals surface area contributed by atoms with Crippen LogP contribution in [0.1, 0.15) is 5.56 Å². The molecule has 80 valence electrons. The summed E-state index contributed by atoms with van der Waals surface area (Å²) in [6.07, 6.45) is 0. The second-order valence-corrected chi connectivity index (χ2v) is 4.34. The van der Waals surface area contributed by atoms with Gasteiger partial charge in [0, 0.05) is 4.47 Å². The third-order valence-electron chi connectivity index (χ3n) is 2.16. The van der Waals surface area contributed by atoms with Gasteiger partial charge in [-0.25, -0.2) is 0 Å². The van der Waals surface area contributed by atoms with Crippen molar-refractivity contribution in [3.63, 3.8) is 0 Å². The molecule has 0 aliphatic rings. The van der Waals surface area contributed by atoms with E-state index < -0.39 is 0 Å². The first kappa shape index (κ1) is 11.0. The molecule has 0 saturated heterocycles. The van der Waals surface area contributed by atoms with Gasteiger partial charge in [-0.05, 0) is 47.1 Å². The van der Waals surface area contributed by atoms with Gasteiger partial charge in [0.1, 0.15) is 0 Å². The molecule has 0 saturated carbocycles. The van der Waals surface area contributed by atoms with Crippen molar-refractivity contribution in [2.75, 3.05) is 0 Å². The van der Waals surface area contributed by atoms with Crippen LogP contribution in [-0.4, -0.2) is 0 Å². The van der Waals surface area contributed by atoms with E-state index in [1.807, 2.05) is 48.5 Å². The van der Waals surface area contributed by atoms with Gasteiger partial charge in [-0.3, -0.25) is 0 Å². The van der Waals surface area contributed by atoms with Gasteiger partial charge < -0.3 is 0 Å². The summed E-state index contributed by atoms with van der Waals surface area (Å²) in [7, 11) is 0. The van der Waals surface area contributed by atoms with Crippen LogP contribution in [0.2, 0.25) is 0 Å². The quantitative estimate of drug-likeness (QED) is 0.675. The molecule has 0 unspecified atom stereocenters. The Balaban J connectivity index is 2.21. The van der Waals surface area contributed by atoms with Crippen LogP contribution in [0.5, 0.6) is 0 Å². The Hall–Kier alpha value is -1.48. The maximum Gasteiger partial charge on any atom is 0.0998 e. The highest BCUT2D eigenvalue weighted by atomic mass is 79.9. The van der Waals surface area contributed by atoms with E-state index in [-0.39, 0.29) is 0 Å². The molecular weight excluding hydrogens is 264 g/mol. The number of halogens is 1. The standard InChI is InChI=1S/C13H11BrN2/c1-10-6-8-11(9-7-10)15-16-13-5-3-2-4-12(13)14/h2-9H,1H3. The summed E-state index contributed by atoms with van der Waals surface area (Å²) in [5, 5.41) is 8.36. The predicted molar refractivity (Wildman–Crippen MR) is 69.5 cm³/mol. The summed E-state index contributed by atoms with van der Waals surface area (Å²) >= 11 is 3.43. The highest BCUT2D eigenvalue weighted by Gasteiger charge is 1.95. The zero-order valence-electron chi connectivity index (χ0n) is 8.89. The minimum Gasteiger partial charge on any atom is -0.151 e. The third kappa shape index (κ3) is 2.76. The topological polar surface area (TPSA) is 24.7 Å². The molecule has 0 atom stereocenters. The summed E-state index contributed by atoms with van der Waals surface area (Å²) in [4.78, 5) is 0. The van der Waals surface area contributed by atoms with Gasteiger partial charge >= 0.3 is 0 Å². The second-order valence-electron chi connectivity index (χ2n) is 3.49. The van der Waals surface area contributed by atoms with E-state index >= 15 is 0 Å². The number of hydrogen-bond acceptors (Lipinski definition) is 2. The van der Waals surface area contributed by atoms with Crippen LogP contribution in [-0.2, 0) is 0 Å². The molecule has 0 radical (unpaired) electrons. The summed E-state index contributed by atoms with van der Waals surface area (Å²) in [5.74, 6) is 0. The van der Waals surface area contributed by atoms with Gasteiger partial charge in [0.25, 0.3) is 0 Å². The molecule has 3 heteroatoms. The Labute approximate surface area is 103 Å². The molecule has 2 aromatic rings. The lowest BCUT2D eigenvalue weighted by atomic mass is 10.2. The van der Waals surface area contributed by atoms with E-state index in [1.54, 1.807) is 0 Å². The van der Waals surface area contributed by atoms with E-state index in [4.69, 9.17) is 0 Å². The molecule has 0 aliphatic carbocycles. The lowest BCUT2D eigenvalue weighted by Crippen LogP contribution is -1.69. The molecule has 0 aromatic heterocycles. The van der Waals surface area contributed by atoms with Crippen molar-refractivity contribution >= 4 is 27.3 Å². The maximum atomic E-state index is 4.18. The molecule has 0 fully saturated rings. The Morgan fingerprint density at radius 3 is 2.25 bits per heavy atom. The van der Waals surface area contributed by atoms with E-state index in [1.165, 1.54) is 5.56 Å². The Morgan fingerprint density at radius 2 is 1.56 bits per heavy atom. The molecule has 2 nitrogen and oxygen atoms in total. The van der Waals surface area contributed by atoms with Crippen molar-refractivity contribution in [3.8, 4) is 0 Å². The fraction of sp³-hybridized carbons (Fsp3) is 0.0769. The highest BCUT2D eigenvalue weighted by Crippen LogP contribution is 2.26. The van der Waals surface area contributed by atoms with E-state index in [2.05, 4.69) is 33.1 Å². The summed E-state index contributed by atoms with van der Waals surface area (Å²) in [6.45, 7) is 2.05. The molecule has 2 aromatic carbocycles. The van der Waals surface area contributed by atoms with Crippen LogP contribution in [0.25, 0.3) is 0 Å². The zero-order valence-corrected chi connectivity index (χ0v) is 10.5. The third-order valence-corrected chi connectivity index (χ3v) is 2.83. The van der Waals surface area contributed by atoms with Crippen LogP contribution >= 0.6 is 15.9 Å². The molecule has 0 aliphatic heterocycles. The summed E-state index contributed by atoms with van der Waals surface area (Å²) in [6, 6.07) is 15.7. The number of hydrogen-bond donors (Lipinski definition) is 0.